The van der Waals surface area contributed by atoms with Gasteiger partial charge < -0.3 is 4.57 Å². The van der Waals surface area contributed by atoms with Crippen LogP contribution in [0.3, 0.4) is 0 Å². The number of nitrogens with zero attached hydrogens (tertiary/aromatic N) is 3. The molecule has 2 aromatic rings. The Morgan fingerprint density at radius 2 is 2.00 bits per heavy atom. The Hall–Kier alpha value is -1.03. The molecule has 0 aromatic carbocycles. The van der Waals surface area contributed by atoms with E-state index in [4.69, 9.17) is 0 Å². The van der Waals surface area contributed by atoms with Crippen molar-refractivity contribution < 1.29 is 0 Å². The fourth-order valence-electron chi connectivity index (χ4n) is 1.64. The van der Waals surface area contributed by atoms with Crippen LogP contribution in [0.5, 0.6) is 0 Å². The van der Waals surface area contributed by atoms with E-state index in [1.165, 1.54) is 5.69 Å². The molecule has 0 spiro atoms. The zero-order valence-corrected chi connectivity index (χ0v) is 10.5. The standard InChI is InChI=1S/C11H14BrN3/c1-3-9-11(12)10(14(2)13-9)8-15-6-4-5-7-15/h4-7H,3,8H2,1-2H3. The largest absolute Gasteiger partial charge is 0.348 e. The zero-order chi connectivity index (χ0) is 10.8. The van der Waals surface area contributed by atoms with Crippen LogP contribution < -0.4 is 0 Å². The third-order valence-corrected chi connectivity index (χ3v) is 3.42. The summed E-state index contributed by atoms with van der Waals surface area (Å²) in [7, 11) is 1.99. The molecule has 0 atom stereocenters. The number of halogens is 1. The first-order chi connectivity index (χ1) is 7.22. The first-order valence-corrected chi connectivity index (χ1v) is 5.82. The molecule has 0 aliphatic heterocycles. The highest BCUT2D eigenvalue weighted by Crippen LogP contribution is 2.22. The average molecular weight is 268 g/mol. The molecule has 15 heavy (non-hydrogen) atoms. The lowest BCUT2D eigenvalue weighted by Crippen LogP contribution is -2.04. The van der Waals surface area contributed by atoms with Crippen molar-refractivity contribution in [3.05, 3.63) is 40.4 Å². The van der Waals surface area contributed by atoms with Crippen LogP contribution >= 0.6 is 15.9 Å². The van der Waals surface area contributed by atoms with E-state index >= 15 is 0 Å². The average Bonchev–Trinajstić information content (AvgIpc) is 2.81. The Kier molecular flexibility index (Phi) is 2.95. The molecule has 0 aliphatic carbocycles. The highest BCUT2D eigenvalue weighted by atomic mass is 79.9. The molecule has 0 saturated carbocycles. The van der Waals surface area contributed by atoms with Crippen LogP contribution in [0.2, 0.25) is 0 Å². The number of hydrogen-bond donors (Lipinski definition) is 0. The van der Waals surface area contributed by atoms with Gasteiger partial charge in [0.1, 0.15) is 0 Å². The monoisotopic (exact) mass is 267 g/mol. The van der Waals surface area contributed by atoms with Gasteiger partial charge >= 0.3 is 0 Å². The molecule has 2 heterocycles. The molecule has 0 radical (unpaired) electrons. The molecule has 4 heteroatoms. The quantitative estimate of drug-likeness (QED) is 0.839. The second-order valence-corrected chi connectivity index (χ2v) is 4.33. The van der Waals surface area contributed by atoms with Gasteiger partial charge in [-0.15, -0.1) is 0 Å². The number of aryl methyl sites for hydroxylation is 2. The van der Waals surface area contributed by atoms with Gasteiger partial charge in [0.25, 0.3) is 0 Å². The smallest absolute Gasteiger partial charge is 0.0767 e. The van der Waals surface area contributed by atoms with Crippen molar-refractivity contribution >= 4 is 15.9 Å². The number of aromatic nitrogens is 3. The van der Waals surface area contributed by atoms with E-state index in [1.807, 2.05) is 23.9 Å². The highest BCUT2D eigenvalue weighted by molar-refractivity contribution is 9.10. The molecule has 0 N–H and O–H groups in total. The van der Waals surface area contributed by atoms with Crippen molar-refractivity contribution in [3.8, 4) is 0 Å². The summed E-state index contributed by atoms with van der Waals surface area (Å²) >= 11 is 3.61. The summed E-state index contributed by atoms with van der Waals surface area (Å²) in [6.07, 6.45) is 5.08. The van der Waals surface area contributed by atoms with Gasteiger partial charge in [-0.3, -0.25) is 4.68 Å². The summed E-state index contributed by atoms with van der Waals surface area (Å²) < 4.78 is 5.23. The van der Waals surface area contributed by atoms with Gasteiger partial charge in [-0.05, 0) is 34.5 Å². The SMILES string of the molecule is CCc1nn(C)c(Cn2cccc2)c1Br. The van der Waals surface area contributed by atoms with Crippen molar-refractivity contribution in [2.45, 2.75) is 19.9 Å². The van der Waals surface area contributed by atoms with Gasteiger partial charge in [-0.25, -0.2) is 0 Å². The second kappa shape index (κ2) is 4.23. The predicted octanol–water partition coefficient (Wildman–Crippen LogP) is 2.59. The van der Waals surface area contributed by atoms with Crippen molar-refractivity contribution in [1.82, 2.24) is 14.3 Å². The molecule has 0 fully saturated rings. The summed E-state index contributed by atoms with van der Waals surface area (Å²) in [5.41, 5.74) is 2.34. The predicted molar refractivity (Wildman–Crippen MR) is 63.8 cm³/mol. The molecule has 0 bridgehead atoms. The molecule has 2 rings (SSSR count). The third-order valence-electron chi connectivity index (χ3n) is 2.50. The van der Waals surface area contributed by atoms with E-state index in [-0.39, 0.29) is 0 Å². The topological polar surface area (TPSA) is 22.8 Å². The van der Waals surface area contributed by atoms with Crippen molar-refractivity contribution in [1.29, 1.82) is 0 Å². The molecule has 0 aliphatic rings. The Morgan fingerprint density at radius 1 is 1.33 bits per heavy atom. The molecule has 0 amide bonds. The van der Waals surface area contributed by atoms with Crippen molar-refractivity contribution in [3.63, 3.8) is 0 Å². The summed E-state index contributed by atoms with van der Waals surface area (Å²) in [6.45, 7) is 2.98. The fraction of sp³-hybridized carbons (Fsp3) is 0.364. The van der Waals surface area contributed by atoms with Gasteiger partial charge in [0.2, 0.25) is 0 Å². The van der Waals surface area contributed by atoms with Crippen LogP contribution in [-0.2, 0) is 20.0 Å². The lowest BCUT2D eigenvalue weighted by molar-refractivity contribution is 0.661. The summed E-state index contributed by atoms with van der Waals surface area (Å²) in [6, 6.07) is 4.07. The molecule has 2 aromatic heterocycles. The van der Waals surface area contributed by atoms with Crippen LogP contribution in [0.25, 0.3) is 0 Å². The molecule has 0 saturated heterocycles. The van der Waals surface area contributed by atoms with E-state index in [9.17, 15) is 0 Å². The molecule has 80 valence electrons. The highest BCUT2D eigenvalue weighted by Gasteiger charge is 2.11. The van der Waals surface area contributed by atoms with E-state index in [2.05, 4.69) is 44.9 Å². The van der Waals surface area contributed by atoms with E-state index in [0.29, 0.717) is 0 Å². The van der Waals surface area contributed by atoms with Gasteiger partial charge in [-0.1, -0.05) is 6.92 Å². The fourth-order valence-corrected chi connectivity index (χ4v) is 2.38. The van der Waals surface area contributed by atoms with Gasteiger partial charge in [0, 0.05) is 19.4 Å². The van der Waals surface area contributed by atoms with E-state index < -0.39 is 0 Å². The summed E-state index contributed by atoms with van der Waals surface area (Å²) in [5.74, 6) is 0. The minimum atomic E-state index is 0.858. The number of hydrogen-bond acceptors (Lipinski definition) is 1. The maximum Gasteiger partial charge on any atom is 0.0767 e. The third kappa shape index (κ3) is 2.00. The van der Waals surface area contributed by atoms with Gasteiger partial charge in [-0.2, -0.15) is 5.10 Å². The Bertz CT molecular complexity index is 443. The van der Waals surface area contributed by atoms with Crippen LogP contribution in [0.4, 0.5) is 0 Å². The normalized spacial score (nSPS) is 10.9. The second-order valence-electron chi connectivity index (χ2n) is 3.54. The first kappa shape index (κ1) is 10.5. The first-order valence-electron chi connectivity index (χ1n) is 5.03. The Labute approximate surface area is 97.8 Å². The Balaban J connectivity index is 2.32. The van der Waals surface area contributed by atoms with Gasteiger partial charge in [0.05, 0.1) is 22.4 Å². The van der Waals surface area contributed by atoms with E-state index in [1.54, 1.807) is 0 Å². The van der Waals surface area contributed by atoms with Crippen LogP contribution in [0, 0.1) is 0 Å². The molecular formula is C11H14BrN3. The van der Waals surface area contributed by atoms with Crippen molar-refractivity contribution in [2.75, 3.05) is 0 Å². The minimum absolute atomic E-state index is 0.858. The molecular weight excluding hydrogens is 254 g/mol. The van der Waals surface area contributed by atoms with E-state index in [0.717, 1.165) is 23.1 Å². The molecule has 3 nitrogen and oxygen atoms in total. The van der Waals surface area contributed by atoms with Gasteiger partial charge in [0.15, 0.2) is 0 Å². The van der Waals surface area contributed by atoms with Crippen molar-refractivity contribution in [2.24, 2.45) is 7.05 Å². The lowest BCUT2D eigenvalue weighted by atomic mass is 10.3. The molecule has 0 unspecified atom stereocenters. The summed E-state index contributed by atoms with van der Waals surface area (Å²) in [5, 5.41) is 4.47. The maximum absolute atomic E-state index is 4.47. The zero-order valence-electron chi connectivity index (χ0n) is 8.94. The van der Waals surface area contributed by atoms with Crippen LogP contribution in [0.15, 0.2) is 29.0 Å². The number of rotatable bonds is 3. The Morgan fingerprint density at radius 3 is 2.53 bits per heavy atom. The maximum atomic E-state index is 4.47. The van der Waals surface area contributed by atoms with Crippen LogP contribution in [0.1, 0.15) is 18.3 Å². The minimum Gasteiger partial charge on any atom is -0.348 e. The van der Waals surface area contributed by atoms with Crippen LogP contribution in [-0.4, -0.2) is 14.3 Å². The summed E-state index contributed by atoms with van der Waals surface area (Å²) in [4.78, 5) is 0. The lowest BCUT2D eigenvalue weighted by Gasteiger charge is -2.04.